The summed E-state index contributed by atoms with van der Waals surface area (Å²) in [5, 5.41) is 1.26. The highest BCUT2D eigenvalue weighted by atomic mass is 19.1. The predicted octanol–water partition coefficient (Wildman–Crippen LogP) is 4.14. The summed E-state index contributed by atoms with van der Waals surface area (Å²) >= 11 is 0. The van der Waals surface area contributed by atoms with Gasteiger partial charge in [0.05, 0.1) is 0 Å². The Morgan fingerprint density at radius 2 is 1.89 bits per heavy atom. The Hall–Kier alpha value is -2.09. The molecule has 0 aliphatic carbocycles. The number of hydrogen-bond donors (Lipinski definition) is 0. The average Bonchev–Trinajstić information content (AvgIpc) is 2.74. The second kappa shape index (κ2) is 4.30. The van der Waals surface area contributed by atoms with Crippen LogP contribution in [-0.4, -0.2) is 4.57 Å². The molecule has 0 aliphatic rings. The molecule has 0 radical (unpaired) electrons. The SMILES string of the molecule is Cc1cccc2c1ccn2Cc1cccc(F)c1. The van der Waals surface area contributed by atoms with Gasteiger partial charge in [0.15, 0.2) is 0 Å². The third-order valence-electron chi connectivity index (χ3n) is 3.27. The van der Waals surface area contributed by atoms with E-state index in [4.69, 9.17) is 0 Å². The molecule has 1 heterocycles. The van der Waals surface area contributed by atoms with Crippen molar-refractivity contribution in [2.75, 3.05) is 0 Å². The standard InChI is InChI=1S/C16H14FN/c1-12-4-2-7-16-15(12)8-9-18(16)11-13-5-3-6-14(17)10-13/h2-10H,11H2,1H3. The average molecular weight is 239 g/mol. The van der Waals surface area contributed by atoms with Gasteiger partial charge in [0.2, 0.25) is 0 Å². The Labute approximate surface area is 105 Å². The summed E-state index contributed by atoms with van der Waals surface area (Å²) in [6, 6.07) is 15.1. The van der Waals surface area contributed by atoms with Gasteiger partial charge in [-0.05, 0) is 42.3 Å². The van der Waals surface area contributed by atoms with Gasteiger partial charge in [0.25, 0.3) is 0 Å². The van der Waals surface area contributed by atoms with Gasteiger partial charge >= 0.3 is 0 Å². The number of benzene rings is 2. The predicted molar refractivity (Wildman–Crippen MR) is 72.2 cm³/mol. The van der Waals surface area contributed by atoms with Crippen molar-refractivity contribution in [1.82, 2.24) is 4.57 Å². The minimum absolute atomic E-state index is 0.180. The molecule has 1 aromatic heterocycles. The molecule has 0 bridgehead atoms. The van der Waals surface area contributed by atoms with E-state index in [1.807, 2.05) is 6.07 Å². The van der Waals surface area contributed by atoms with Crippen molar-refractivity contribution in [3.8, 4) is 0 Å². The van der Waals surface area contributed by atoms with Crippen LogP contribution in [0.4, 0.5) is 4.39 Å². The Morgan fingerprint density at radius 1 is 1.06 bits per heavy atom. The molecule has 0 saturated heterocycles. The number of fused-ring (bicyclic) bond motifs is 1. The van der Waals surface area contributed by atoms with Crippen molar-refractivity contribution in [1.29, 1.82) is 0 Å². The van der Waals surface area contributed by atoms with Gasteiger partial charge < -0.3 is 4.57 Å². The molecule has 3 aromatic rings. The molecule has 0 aliphatic heterocycles. The van der Waals surface area contributed by atoms with E-state index in [9.17, 15) is 4.39 Å². The Balaban J connectivity index is 2.03. The van der Waals surface area contributed by atoms with Crippen LogP contribution in [0.25, 0.3) is 10.9 Å². The molecule has 0 N–H and O–H groups in total. The lowest BCUT2D eigenvalue weighted by atomic mass is 10.1. The van der Waals surface area contributed by atoms with Crippen molar-refractivity contribution < 1.29 is 4.39 Å². The maximum absolute atomic E-state index is 13.2. The maximum Gasteiger partial charge on any atom is 0.123 e. The fourth-order valence-electron chi connectivity index (χ4n) is 2.35. The molecular formula is C16H14FN. The number of aryl methyl sites for hydroxylation is 1. The minimum Gasteiger partial charge on any atom is -0.343 e. The molecule has 18 heavy (non-hydrogen) atoms. The van der Waals surface area contributed by atoms with E-state index in [1.54, 1.807) is 12.1 Å². The van der Waals surface area contributed by atoms with Gasteiger partial charge in [-0.3, -0.25) is 0 Å². The van der Waals surface area contributed by atoms with Gasteiger partial charge in [-0.2, -0.15) is 0 Å². The molecule has 3 rings (SSSR count). The number of aromatic nitrogens is 1. The van der Waals surface area contributed by atoms with Gasteiger partial charge in [-0.1, -0.05) is 24.3 Å². The molecule has 0 unspecified atom stereocenters. The maximum atomic E-state index is 13.2. The first kappa shape index (κ1) is 11.0. The van der Waals surface area contributed by atoms with Crippen LogP contribution in [0.3, 0.4) is 0 Å². The quantitative estimate of drug-likeness (QED) is 0.633. The zero-order chi connectivity index (χ0) is 12.5. The summed E-state index contributed by atoms with van der Waals surface area (Å²) in [6.45, 7) is 2.81. The molecule has 0 saturated carbocycles. The number of nitrogens with zero attached hydrogens (tertiary/aromatic N) is 1. The second-order valence-electron chi connectivity index (χ2n) is 4.58. The molecule has 0 fully saturated rings. The fourth-order valence-corrected chi connectivity index (χ4v) is 2.35. The molecule has 0 atom stereocenters. The number of halogens is 1. The van der Waals surface area contributed by atoms with E-state index in [-0.39, 0.29) is 5.82 Å². The number of hydrogen-bond acceptors (Lipinski definition) is 0. The Morgan fingerprint density at radius 3 is 2.72 bits per heavy atom. The monoisotopic (exact) mass is 239 g/mol. The lowest BCUT2D eigenvalue weighted by molar-refractivity contribution is 0.624. The zero-order valence-electron chi connectivity index (χ0n) is 10.2. The minimum atomic E-state index is -0.180. The summed E-state index contributed by atoms with van der Waals surface area (Å²) in [4.78, 5) is 0. The summed E-state index contributed by atoms with van der Waals surface area (Å²) in [7, 11) is 0. The first-order valence-corrected chi connectivity index (χ1v) is 6.03. The van der Waals surface area contributed by atoms with Crippen molar-refractivity contribution in [3.05, 3.63) is 71.7 Å². The van der Waals surface area contributed by atoms with Crippen LogP contribution in [0, 0.1) is 12.7 Å². The van der Waals surface area contributed by atoms with Crippen LogP contribution in [-0.2, 0) is 6.54 Å². The third kappa shape index (κ3) is 1.90. The van der Waals surface area contributed by atoms with Crippen molar-refractivity contribution in [2.45, 2.75) is 13.5 Å². The number of rotatable bonds is 2. The second-order valence-corrected chi connectivity index (χ2v) is 4.58. The molecule has 1 nitrogen and oxygen atoms in total. The first-order chi connectivity index (χ1) is 8.74. The Bertz CT molecular complexity index is 697. The topological polar surface area (TPSA) is 4.93 Å². The van der Waals surface area contributed by atoms with Gasteiger partial charge in [-0.25, -0.2) is 4.39 Å². The van der Waals surface area contributed by atoms with Crippen LogP contribution in [0.1, 0.15) is 11.1 Å². The summed E-state index contributed by atoms with van der Waals surface area (Å²) in [5.74, 6) is -0.180. The van der Waals surface area contributed by atoms with Crippen LogP contribution >= 0.6 is 0 Å². The lowest BCUT2D eigenvalue weighted by Gasteiger charge is -2.06. The molecule has 90 valence electrons. The van der Waals surface area contributed by atoms with E-state index in [1.165, 1.54) is 22.5 Å². The highest BCUT2D eigenvalue weighted by Crippen LogP contribution is 2.20. The largest absolute Gasteiger partial charge is 0.343 e. The van der Waals surface area contributed by atoms with Crippen molar-refractivity contribution in [2.24, 2.45) is 0 Å². The van der Waals surface area contributed by atoms with E-state index in [0.717, 1.165) is 5.56 Å². The highest BCUT2D eigenvalue weighted by Gasteiger charge is 2.03. The summed E-state index contributed by atoms with van der Waals surface area (Å²) < 4.78 is 15.3. The zero-order valence-corrected chi connectivity index (χ0v) is 10.2. The molecule has 2 heteroatoms. The van der Waals surface area contributed by atoms with Crippen molar-refractivity contribution >= 4 is 10.9 Å². The van der Waals surface area contributed by atoms with Crippen LogP contribution in [0.2, 0.25) is 0 Å². The normalized spacial score (nSPS) is 11.0. The van der Waals surface area contributed by atoms with Gasteiger partial charge in [0.1, 0.15) is 5.82 Å². The third-order valence-corrected chi connectivity index (χ3v) is 3.27. The van der Waals surface area contributed by atoms with E-state index in [0.29, 0.717) is 6.54 Å². The fraction of sp³-hybridized carbons (Fsp3) is 0.125. The van der Waals surface area contributed by atoms with Crippen LogP contribution in [0.5, 0.6) is 0 Å². The molecule has 0 spiro atoms. The summed E-state index contributed by atoms with van der Waals surface area (Å²) in [6.07, 6.45) is 2.06. The van der Waals surface area contributed by atoms with E-state index >= 15 is 0 Å². The smallest absolute Gasteiger partial charge is 0.123 e. The van der Waals surface area contributed by atoms with Gasteiger partial charge in [0, 0.05) is 23.6 Å². The molecular weight excluding hydrogens is 225 g/mol. The van der Waals surface area contributed by atoms with E-state index in [2.05, 4.69) is 42.0 Å². The van der Waals surface area contributed by atoms with Crippen molar-refractivity contribution in [3.63, 3.8) is 0 Å². The van der Waals surface area contributed by atoms with Crippen LogP contribution in [0.15, 0.2) is 54.7 Å². The van der Waals surface area contributed by atoms with Crippen LogP contribution < -0.4 is 0 Å². The highest BCUT2D eigenvalue weighted by molar-refractivity contribution is 5.83. The first-order valence-electron chi connectivity index (χ1n) is 6.03. The molecule has 0 amide bonds. The van der Waals surface area contributed by atoms with E-state index < -0.39 is 0 Å². The summed E-state index contributed by atoms with van der Waals surface area (Å²) in [5.41, 5.74) is 3.44. The van der Waals surface area contributed by atoms with Gasteiger partial charge in [-0.15, -0.1) is 0 Å². The lowest BCUT2D eigenvalue weighted by Crippen LogP contribution is -1.98. The molecule has 2 aromatic carbocycles. The Kier molecular flexibility index (Phi) is 2.63.